The standard InChI is InChI=1S/C6H13NO4S/c1-12(10,11)7-4-2-6(8,9)3-5-7/h8-9H,2-5H2,1H3. The molecule has 2 N–H and O–H groups in total. The van der Waals surface area contributed by atoms with Gasteiger partial charge in [0.1, 0.15) is 0 Å². The van der Waals surface area contributed by atoms with E-state index >= 15 is 0 Å². The Morgan fingerprint density at radius 3 is 2.00 bits per heavy atom. The molecular weight excluding hydrogens is 182 g/mol. The lowest BCUT2D eigenvalue weighted by molar-refractivity contribution is -0.182. The number of piperidine rings is 1. The first kappa shape index (κ1) is 9.91. The second-order valence-electron chi connectivity index (χ2n) is 3.14. The van der Waals surface area contributed by atoms with Crippen molar-refractivity contribution in [1.82, 2.24) is 4.31 Å². The minimum Gasteiger partial charge on any atom is -0.366 e. The summed E-state index contributed by atoms with van der Waals surface area (Å²) in [6.45, 7) is 0.373. The quantitative estimate of drug-likeness (QED) is 0.511. The Morgan fingerprint density at radius 2 is 1.67 bits per heavy atom. The van der Waals surface area contributed by atoms with Gasteiger partial charge in [-0.2, -0.15) is 0 Å². The zero-order valence-electron chi connectivity index (χ0n) is 6.89. The molecule has 72 valence electrons. The van der Waals surface area contributed by atoms with Crippen LogP contribution < -0.4 is 0 Å². The molecule has 0 aromatic heterocycles. The summed E-state index contributed by atoms with van der Waals surface area (Å²) in [4.78, 5) is 0. The molecule has 0 aromatic rings. The minimum absolute atomic E-state index is 0.0834. The van der Waals surface area contributed by atoms with Crippen LogP contribution in [0.15, 0.2) is 0 Å². The monoisotopic (exact) mass is 195 g/mol. The fraction of sp³-hybridized carbons (Fsp3) is 1.00. The van der Waals surface area contributed by atoms with Crippen LogP contribution in [0.4, 0.5) is 0 Å². The van der Waals surface area contributed by atoms with Gasteiger partial charge in [0.25, 0.3) is 0 Å². The van der Waals surface area contributed by atoms with Gasteiger partial charge in [0, 0.05) is 25.9 Å². The van der Waals surface area contributed by atoms with Gasteiger partial charge in [0.2, 0.25) is 10.0 Å². The maximum Gasteiger partial charge on any atom is 0.211 e. The SMILES string of the molecule is CS(=O)(=O)N1CCC(O)(O)CC1. The summed E-state index contributed by atoms with van der Waals surface area (Å²) in [6, 6.07) is 0. The van der Waals surface area contributed by atoms with Crippen LogP contribution in [0.3, 0.4) is 0 Å². The Balaban J connectivity index is 2.59. The van der Waals surface area contributed by atoms with Crippen LogP contribution in [0.1, 0.15) is 12.8 Å². The third-order valence-electron chi connectivity index (χ3n) is 1.99. The summed E-state index contributed by atoms with van der Waals surface area (Å²) in [5, 5.41) is 18.2. The van der Waals surface area contributed by atoms with E-state index in [9.17, 15) is 8.42 Å². The van der Waals surface area contributed by atoms with Crippen LogP contribution in [0.2, 0.25) is 0 Å². The zero-order valence-corrected chi connectivity index (χ0v) is 7.71. The van der Waals surface area contributed by atoms with E-state index in [1.807, 2.05) is 0 Å². The molecule has 0 saturated carbocycles. The largest absolute Gasteiger partial charge is 0.366 e. The van der Waals surface area contributed by atoms with Gasteiger partial charge < -0.3 is 10.2 Å². The van der Waals surface area contributed by atoms with Crippen molar-refractivity contribution in [1.29, 1.82) is 0 Å². The van der Waals surface area contributed by atoms with E-state index in [1.165, 1.54) is 4.31 Å². The van der Waals surface area contributed by atoms with E-state index in [4.69, 9.17) is 10.2 Å². The van der Waals surface area contributed by atoms with Gasteiger partial charge in [-0.25, -0.2) is 12.7 Å². The molecule has 0 atom stereocenters. The predicted octanol–water partition coefficient (Wildman–Crippen LogP) is -1.28. The first-order chi connectivity index (χ1) is 5.31. The van der Waals surface area contributed by atoms with Gasteiger partial charge in [-0.1, -0.05) is 0 Å². The fourth-order valence-corrected chi connectivity index (χ4v) is 2.02. The second kappa shape index (κ2) is 2.95. The Bertz CT molecular complexity index is 249. The van der Waals surface area contributed by atoms with Crippen molar-refractivity contribution >= 4 is 10.0 Å². The van der Waals surface area contributed by atoms with E-state index < -0.39 is 15.8 Å². The highest BCUT2D eigenvalue weighted by molar-refractivity contribution is 7.88. The maximum atomic E-state index is 11.0. The minimum atomic E-state index is -3.16. The highest BCUT2D eigenvalue weighted by Gasteiger charge is 2.32. The first-order valence-corrected chi connectivity index (χ1v) is 5.56. The molecule has 1 heterocycles. The lowest BCUT2D eigenvalue weighted by Gasteiger charge is -2.32. The number of nitrogens with zero attached hydrogens (tertiary/aromatic N) is 1. The highest BCUT2D eigenvalue weighted by atomic mass is 32.2. The first-order valence-electron chi connectivity index (χ1n) is 3.71. The van der Waals surface area contributed by atoms with Crippen molar-refractivity contribution in [2.75, 3.05) is 19.3 Å². The van der Waals surface area contributed by atoms with Gasteiger partial charge in [-0.3, -0.25) is 0 Å². The third-order valence-corrected chi connectivity index (χ3v) is 3.30. The van der Waals surface area contributed by atoms with Gasteiger partial charge in [-0.05, 0) is 0 Å². The Hall–Kier alpha value is -0.170. The zero-order chi connectivity index (χ0) is 9.41. The van der Waals surface area contributed by atoms with Gasteiger partial charge >= 0.3 is 0 Å². The molecule has 0 amide bonds. The van der Waals surface area contributed by atoms with Crippen molar-refractivity contribution in [2.45, 2.75) is 18.6 Å². The lowest BCUT2D eigenvalue weighted by atomic mass is 10.1. The molecule has 0 radical (unpaired) electrons. The molecule has 0 aliphatic carbocycles. The van der Waals surface area contributed by atoms with Crippen molar-refractivity contribution in [3.8, 4) is 0 Å². The van der Waals surface area contributed by atoms with Crippen molar-refractivity contribution in [3.05, 3.63) is 0 Å². The topological polar surface area (TPSA) is 77.8 Å². The van der Waals surface area contributed by atoms with Crippen molar-refractivity contribution in [3.63, 3.8) is 0 Å². The number of rotatable bonds is 1. The Labute approximate surface area is 71.7 Å². The molecule has 5 nitrogen and oxygen atoms in total. The molecule has 1 fully saturated rings. The Kier molecular flexibility index (Phi) is 2.44. The molecule has 1 aliphatic rings. The highest BCUT2D eigenvalue weighted by Crippen LogP contribution is 2.20. The normalized spacial score (nSPS) is 25.6. The molecule has 6 heteroatoms. The van der Waals surface area contributed by atoms with E-state index in [0.717, 1.165) is 6.26 Å². The summed E-state index contributed by atoms with van der Waals surface area (Å²) < 4.78 is 23.2. The van der Waals surface area contributed by atoms with E-state index in [1.54, 1.807) is 0 Å². The van der Waals surface area contributed by atoms with E-state index in [-0.39, 0.29) is 25.9 Å². The molecule has 0 unspecified atom stereocenters. The van der Waals surface area contributed by atoms with Gasteiger partial charge in [0.05, 0.1) is 6.26 Å². The average Bonchev–Trinajstić information content (AvgIpc) is 1.83. The van der Waals surface area contributed by atoms with E-state index in [2.05, 4.69) is 0 Å². The van der Waals surface area contributed by atoms with Crippen LogP contribution in [0.5, 0.6) is 0 Å². The number of aliphatic hydroxyl groups is 2. The van der Waals surface area contributed by atoms with Gasteiger partial charge in [0.15, 0.2) is 5.79 Å². The molecule has 0 bridgehead atoms. The van der Waals surface area contributed by atoms with Gasteiger partial charge in [-0.15, -0.1) is 0 Å². The van der Waals surface area contributed by atoms with Crippen LogP contribution in [0, 0.1) is 0 Å². The summed E-state index contributed by atoms with van der Waals surface area (Å²) >= 11 is 0. The molecule has 0 aromatic carbocycles. The number of hydrogen-bond acceptors (Lipinski definition) is 4. The summed E-state index contributed by atoms with van der Waals surface area (Å²) in [5.41, 5.74) is 0. The number of hydrogen-bond donors (Lipinski definition) is 2. The van der Waals surface area contributed by atoms with Crippen LogP contribution >= 0.6 is 0 Å². The Morgan fingerprint density at radius 1 is 1.25 bits per heavy atom. The molecule has 1 rings (SSSR count). The predicted molar refractivity (Wildman–Crippen MR) is 42.8 cm³/mol. The molecule has 1 aliphatic heterocycles. The fourth-order valence-electron chi connectivity index (χ4n) is 1.18. The lowest BCUT2D eigenvalue weighted by Crippen LogP contribution is -2.46. The van der Waals surface area contributed by atoms with E-state index in [0.29, 0.717) is 0 Å². The van der Waals surface area contributed by atoms with Crippen LogP contribution in [-0.4, -0.2) is 48.1 Å². The summed E-state index contributed by atoms with van der Waals surface area (Å²) in [5.74, 6) is -1.68. The second-order valence-corrected chi connectivity index (χ2v) is 5.13. The summed E-state index contributed by atoms with van der Waals surface area (Å²) in [7, 11) is -3.16. The maximum absolute atomic E-state index is 11.0. The molecule has 0 spiro atoms. The smallest absolute Gasteiger partial charge is 0.211 e. The van der Waals surface area contributed by atoms with Crippen LogP contribution in [-0.2, 0) is 10.0 Å². The van der Waals surface area contributed by atoms with Crippen LogP contribution in [0.25, 0.3) is 0 Å². The number of sulfonamides is 1. The molecule has 1 saturated heterocycles. The van der Waals surface area contributed by atoms with Crippen molar-refractivity contribution < 1.29 is 18.6 Å². The van der Waals surface area contributed by atoms with Crippen molar-refractivity contribution in [2.24, 2.45) is 0 Å². The molecular formula is C6H13NO4S. The third kappa shape index (κ3) is 2.41. The summed E-state index contributed by atoms with van der Waals surface area (Å²) in [6.07, 6.45) is 1.29. The average molecular weight is 195 g/mol. The molecule has 12 heavy (non-hydrogen) atoms.